The average molecular weight is 523 g/mol. The number of nitrogens with zero attached hydrogens (tertiary/aromatic N) is 7. The molecule has 0 bridgehead atoms. The Morgan fingerprint density at radius 3 is 2.49 bits per heavy atom. The molecule has 2 N–H and O–H groups in total. The highest BCUT2D eigenvalue weighted by atomic mass is 16.3. The molecule has 0 aliphatic carbocycles. The highest BCUT2D eigenvalue weighted by molar-refractivity contribution is 5.77. The molecule has 1 aliphatic rings. The minimum absolute atomic E-state index is 0.0708. The molecule has 0 unspecified atom stereocenters. The molecule has 1 aliphatic heterocycles. The molecule has 198 valence electrons. The number of pyridine rings is 1. The SMILES string of the molecule is CN1CCN(c2ccc(Nc3ncc4c(=O)n(Cc5ccccc5)n(-c5ccccn5)c4n3)cc2CO)CC1. The van der Waals surface area contributed by atoms with Crippen LogP contribution in [-0.2, 0) is 13.2 Å². The lowest BCUT2D eigenvalue weighted by Gasteiger charge is -2.35. The zero-order valence-corrected chi connectivity index (χ0v) is 21.7. The van der Waals surface area contributed by atoms with Crippen LogP contribution in [0, 0.1) is 0 Å². The Hall–Kier alpha value is -4.54. The molecule has 0 spiro atoms. The van der Waals surface area contributed by atoms with Crippen LogP contribution in [0.2, 0.25) is 0 Å². The molecule has 2 aromatic carbocycles. The fraction of sp³-hybridized carbons (Fsp3) is 0.241. The number of aliphatic hydroxyl groups excluding tert-OH is 1. The summed E-state index contributed by atoms with van der Waals surface area (Å²) in [7, 11) is 2.12. The second-order valence-electron chi connectivity index (χ2n) is 9.70. The Labute approximate surface area is 225 Å². The fourth-order valence-corrected chi connectivity index (χ4v) is 4.97. The predicted molar refractivity (Wildman–Crippen MR) is 152 cm³/mol. The van der Waals surface area contributed by atoms with Crippen LogP contribution in [0.4, 0.5) is 17.3 Å². The van der Waals surface area contributed by atoms with Gasteiger partial charge in [0.15, 0.2) is 11.5 Å². The van der Waals surface area contributed by atoms with Gasteiger partial charge in [0.25, 0.3) is 5.56 Å². The molecule has 1 fully saturated rings. The number of hydrogen-bond acceptors (Lipinski definition) is 8. The van der Waals surface area contributed by atoms with Gasteiger partial charge in [0.05, 0.1) is 13.2 Å². The van der Waals surface area contributed by atoms with Gasteiger partial charge in [-0.3, -0.25) is 4.79 Å². The zero-order chi connectivity index (χ0) is 26.8. The number of likely N-dealkylation sites (N-methyl/N-ethyl adjacent to an activating group) is 1. The highest BCUT2D eigenvalue weighted by Crippen LogP contribution is 2.27. The van der Waals surface area contributed by atoms with Crippen LogP contribution in [0.5, 0.6) is 0 Å². The minimum atomic E-state index is -0.190. The fourth-order valence-electron chi connectivity index (χ4n) is 4.97. The van der Waals surface area contributed by atoms with E-state index in [1.54, 1.807) is 21.8 Å². The summed E-state index contributed by atoms with van der Waals surface area (Å²) in [6.07, 6.45) is 3.25. The molecular formula is C29H30N8O2. The number of fused-ring (bicyclic) bond motifs is 1. The maximum Gasteiger partial charge on any atom is 0.278 e. The summed E-state index contributed by atoms with van der Waals surface area (Å²) in [6, 6.07) is 21.3. The van der Waals surface area contributed by atoms with Crippen LogP contribution in [-0.4, -0.2) is 67.5 Å². The van der Waals surface area contributed by atoms with Gasteiger partial charge in [-0.1, -0.05) is 36.4 Å². The van der Waals surface area contributed by atoms with Crippen LogP contribution in [0.1, 0.15) is 11.1 Å². The first-order valence-corrected chi connectivity index (χ1v) is 13.0. The predicted octanol–water partition coefficient (Wildman–Crippen LogP) is 3.01. The van der Waals surface area contributed by atoms with E-state index < -0.39 is 0 Å². The Kier molecular flexibility index (Phi) is 6.78. The van der Waals surface area contributed by atoms with Gasteiger partial charge in [-0.25, -0.2) is 19.3 Å². The Bertz CT molecular complexity index is 1640. The van der Waals surface area contributed by atoms with Gasteiger partial charge in [0.1, 0.15) is 5.39 Å². The van der Waals surface area contributed by atoms with Crippen molar-refractivity contribution in [3.8, 4) is 5.82 Å². The van der Waals surface area contributed by atoms with Crippen LogP contribution >= 0.6 is 0 Å². The second-order valence-corrected chi connectivity index (χ2v) is 9.70. The summed E-state index contributed by atoms with van der Waals surface area (Å²) < 4.78 is 3.38. The number of anilines is 3. The third-order valence-electron chi connectivity index (χ3n) is 7.07. The van der Waals surface area contributed by atoms with Gasteiger partial charge in [0.2, 0.25) is 5.95 Å². The van der Waals surface area contributed by atoms with E-state index in [4.69, 9.17) is 4.98 Å². The molecule has 10 heteroatoms. The molecule has 0 saturated carbocycles. The first-order valence-electron chi connectivity index (χ1n) is 13.0. The maximum absolute atomic E-state index is 13.5. The molecule has 3 aromatic heterocycles. The highest BCUT2D eigenvalue weighted by Gasteiger charge is 2.20. The molecule has 6 rings (SSSR count). The lowest BCUT2D eigenvalue weighted by Crippen LogP contribution is -2.44. The second kappa shape index (κ2) is 10.7. The van der Waals surface area contributed by atoms with Crippen molar-refractivity contribution in [2.45, 2.75) is 13.2 Å². The first kappa shape index (κ1) is 24.8. The van der Waals surface area contributed by atoms with Crippen LogP contribution < -0.4 is 15.8 Å². The summed E-state index contributed by atoms with van der Waals surface area (Å²) in [5.41, 5.74) is 3.89. The number of benzene rings is 2. The van der Waals surface area contributed by atoms with Crippen molar-refractivity contribution in [3.05, 3.63) is 101 Å². The van der Waals surface area contributed by atoms with E-state index >= 15 is 0 Å². The van der Waals surface area contributed by atoms with Gasteiger partial charge in [-0.05, 0) is 42.9 Å². The number of aliphatic hydroxyl groups is 1. The number of aromatic nitrogens is 5. The summed E-state index contributed by atoms with van der Waals surface area (Å²) in [4.78, 5) is 31.8. The van der Waals surface area contributed by atoms with Crippen LogP contribution in [0.25, 0.3) is 16.9 Å². The third kappa shape index (κ3) is 4.99. The third-order valence-corrected chi connectivity index (χ3v) is 7.07. The molecule has 0 atom stereocenters. The van der Waals surface area contributed by atoms with Crippen molar-refractivity contribution in [1.82, 2.24) is 29.2 Å². The van der Waals surface area contributed by atoms with E-state index in [2.05, 4.69) is 32.1 Å². The van der Waals surface area contributed by atoms with E-state index in [0.717, 1.165) is 48.7 Å². The van der Waals surface area contributed by atoms with Crippen molar-refractivity contribution in [2.24, 2.45) is 0 Å². The lowest BCUT2D eigenvalue weighted by atomic mass is 10.1. The van der Waals surface area contributed by atoms with Gasteiger partial charge < -0.3 is 20.2 Å². The molecule has 0 radical (unpaired) electrons. The molecule has 10 nitrogen and oxygen atoms in total. The topological polar surface area (TPSA) is 104 Å². The molecular weight excluding hydrogens is 492 g/mol. The summed E-state index contributed by atoms with van der Waals surface area (Å²) in [6.45, 7) is 4.10. The molecule has 0 amide bonds. The summed E-state index contributed by atoms with van der Waals surface area (Å²) >= 11 is 0. The van der Waals surface area contributed by atoms with E-state index in [1.807, 2.05) is 66.7 Å². The Balaban J connectivity index is 1.37. The van der Waals surface area contributed by atoms with Gasteiger partial charge in [-0.2, -0.15) is 4.98 Å². The van der Waals surface area contributed by atoms with Crippen molar-refractivity contribution in [2.75, 3.05) is 43.4 Å². The number of rotatable bonds is 7. The van der Waals surface area contributed by atoms with E-state index in [9.17, 15) is 9.90 Å². The average Bonchev–Trinajstić information content (AvgIpc) is 3.24. The van der Waals surface area contributed by atoms with Gasteiger partial charge in [-0.15, -0.1) is 0 Å². The summed E-state index contributed by atoms with van der Waals surface area (Å²) in [5.74, 6) is 0.935. The van der Waals surface area contributed by atoms with Crippen molar-refractivity contribution < 1.29 is 5.11 Å². The number of piperazine rings is 1. The van der Waals surface area contributed by atoms with Gasteiger partial charge >= 0.3 is 0 Å². The monoisotopic (exact) mass is 522 g/mol. The summed E-state index contributed by atoms with van der Waals surface area (Å²) in [5, 5.41) is 13.8. The number of hydrogen-bond donors (Lipinski definition) is 2. The largest absolute Gasteiger partial charge is 0.392 e. The van der Waals surface area contributed by atoms with Crippen molar-refractivity contribution in [1.29, 1.82) is 0 Å². The molecule has 5 aromatic rings. The maximum atomic E-state index is 13.5. The van der Waals surface area contributed by atoms with E-state index in [-0.39, 0.29) is 12.2 Å². The standard InChI is InChI=1S/C29H30N8O2/c1-34-13-15-35(16-14-34)25-11-10-23(17-22(25)20-38)32-29-31-18-24-27(33-29)37(26-9-5-6-12-30-26)36(28(24)39)19-21-7-3-2-4-8-21/h2-12,17-18,38H,13-16,19-20H2,1H3,(H,31,32,33). The zero-order valence-electron chi connectivity index (χ0n) is 21.7. The Morgan fingerprint density at radius 1 is 0.949 bits per heavy atom. The van der Waals surface area contributed by atoms with Crippen molar-refractivity contribution >= 4 is 28.4 Å². The van der Waals surface area contributed by atoms with E-state index in [1.165, 1.54) is 0 Å². The quantitative estimate of drug-likeness (QED) is 0.336. The Morgan fingerprint density at radius 2 is 1.74 bits per heavy atom. The molecule has 39 heavy (non-hydrogen) atoms. The van der Waals surface area contributed by atoms with Gasteiger partial charge in [0, 0.05) is 55.5 Å². The minimum Gasteiger partial charge on any atom is -0.392 e. The van der Waals surface area contributed by atoms with Crippen molar-refractivity contribution in [3.63, 3.8) is 0 Å². The number of nitrogens with one attached hydrogen (secondary N) is 1. The smallest absolute Gasteiger partial charge is 0.278 e. The van der Waals surface area contributed by atoms with Crippen LogP contribution in [0.3, 0.4) is 0 Å². The van der Waals surface area contributed by atoms with E-state index in [0.29, 0.717) is 29.3 Å². The first-order chi connectivity index (χ1) is 19.1. The van der Waals surface area contributed by atoms with Crippen LogP contribution in [0.15, 0.2) is 83.9 Å². The lowest BCUT2D eigenvalue weighted by molar-refractivity contribution is 0.280. The normalized spacial score (nSPS) is 14.2. The molecule has 1 saturated heterocycles. The molecule has 4 heterocycles.